The lowest BCUT2D eigenvalue weighted by Crippen LogP contribution is -2.15. The SMILES string of the molecule is C=CCn1c(SCC(=O)Nc2c(Cl)cc(Cl)cc2Cl)nnc1C1CC1. The molecule has 0 aliphatic heterocycles. The second-order valence-corrected chi connectivity index (χ2v) is 7.79. The predicted molar refractivity (Wildman–Crippen MR) is 103 cm³/mol. The fourth-order valence-electron chi connectivity index (χ4n) is 2.32. The number of allylic oxidation sites excluding steroid dienone is 1. The van der Waals surface area contributed by atoms with Gasteiger partial charge < -0.3 is 9.88 Å². The van der Waals surface area contributed by atoms with Crippen LogP contribution in [0.1, 0.15) is 24.6 Å². The Kier molecular flexibility index (Phi) is 5.94. The summed E-state index contributed by atoms with van der Waals surface area (Å²) in [6, 6.07) is 3.06. The molecular weight excluding hydrogens is 403 g/mol. The zero-order valence-electron chi connectivity index (χ0n) is 13.1. The molecule has 1 aliphatic rings. The van der Waals surface area contributed by atoms with Crippen LogP contribution in [0.25, 0.3) is 0 Å². The minimum atomic E-state index is -0.239. The van der Waals surface area contributed by atoms with Crippen LogP contribution in [0.4, 0.5) is 5.69 Å². The first-order valence-corrected chi connectivity index (χ1v) is 9.72. The van der Waals surface area contributed by atoms with Crippen molar-refractivity contribution in [1.29, 1.82) is 0 Å². The van der Waals surface area contributed by atoms with Crippen molar-refractivity contribution < 1.29 is 4.79 Å². The van der Waals surface area contributed by atoms with Gasteiger partial charge in [-0.2, -0.15) is 0 Å². The molecule has 132 valence electrons. The highest BCUT2D eigenvalue weighted by molar-refractivity contribution is 7.99. The van der Waals surface area contributed by atoms with Crippen LogP contribution in [0.5, 0.6) is 0 Å². The fraction of sp³-hybridized carbons (Fsp3) is 0.312. The molecule has 1 aliphatic carbocycles. The third-order valence-corrected chi connectivity index (χ3v) is 5.38. The minimum Gasteiger partial charge on any atom is -0.323 e. The lowest BCUT2D eigenvalue weighted by atomic mass is 10.3. The molecule has 0 atom stereocenters. The molecule has 0 bridgehead atoms. The number of anilines is 1. The van der Waals surface area contributed by atoms with Crippen LogP contribution < -0.4 is 5.32 Å². The summed E-state index contributed by atoms with van der Waals surface area (Å²) in [5.74, 6) is 1.36. The lowest BCUT2D eigenvalue weighted by Gasteiger charge is -2.10. The van der Waals surface area contributed by atoms with Crippen LogP contribution in [0.3, 0.4) is 0 Å². The van der Waals surface area contributed by atoms with E-state index in [9.17, 15) is 4.79 Å². The van der Waals surface area contributed by atoms with E-state index >= 15 is 0 Å². The maximum absolute atomic E-state index is 12.2. The highest BCUT2D eigenvalue weighted by Crippen LogP contribution is 2.40. The maximum Gasteiger partial charge on any atom is 0.234 e. The molecule has 25 heavy (non-hydrogen) atoms. The van der Waals surface area contributed by atoms with Crippen LogP contribution >= 0.6 is 46.6 Å². The van der Waals surface area contributed by atoms with Crippen molar-refractivity contribution in [3.63, 3.8) is 0 Å². The lowest BCUT2D eigenvalue weighted by molar-refractivity contribution is -0.113. The molecular formula is C16H15Cl3N4OS. The van der Waals surface area contributed by atoms with E-state index in [1.807, 2.05) is 4.57 Å². The van der Waals surface area contributed by atoms with E-state index in [0.717, 1.165) is 18.7 Å². The van der Waals surface area contributed by atoms with Crippen molar-refractivity contribution >= 4 is 58.2 Å². The molecule has 1 aromatic heterocycles. The van der Waals surface area contributed by atoms with Gasteiger partial charge in [-0.05, 0) is 25.0 Å². The molecule has 0 saturated heterocycles. The third kappa shape index (κ3) is 4.50. The molecule has 1 aromatic carbocycles. The Balaban J connectivity index is 1.66. The molecule has 1 N–H and O–H groups in total. The number of halogens is 3. The molecule has 1 fully saturated rings. The summed E-state index contributed by atoms with van der Waals surface area (Å²) in [6.45, 7) is 4.39. The quantitative estimate of drug-likeness (QED) is 0.507. The second-order valence-electron chi connectivity index (χ2n) is 5.60. The van der Waals surface area contributed by atoms with E-state index in [2.05, 4.69) is 22.1 Å². The van der Waals surface area contributed by atoms with Gasteiger partial charge in [0.25, 0.3) is 0 Å². The zero-order chi connectivity index (χ0) is 18.0. The first kappa shape index (κ1) is 18.6. The number of carbonyl (C=O) groups excluding carboxylic acids is 1. The summed E-state index contributed by atoms with van der Waals surface area (Å²) >= 11 is 19.3. The molecule has 0 spiro atoms. The van der Waals surface area contributed by atoms with Gasteiger partial charge in [0.05, 0.1) is 21.5 Å². The zero-order valence-corrected chi connectivity index (χ0v) is 16.2. The van der Waals surface area contributed by atoms with Gasteiger partial charge in [-0.25, -0.2) is 0 Å². The second kappa shape index (κ2) is 7.99. The third-order valence-electron chi connectivity index (χ3n) is 3.60. The topological polar surface area (TPSA) is 59.8 Å². The summed E-state index contributed by atoms with van der Waals surface area (Å²) in [6.07, 6.45) is 4.06. The molecule has 1 heterocycles. The largest absolute Gasteiger partial charge is 0.323 e. The molecule has 2 aromatic rings. The highest BCUT2D eigenvalue weighted by Gasteiger charge is 2.30. The molecule has 0 unspecified atom stereocenters. The summed E-state index contributed by atoms with van der Waals surface area (Å²) in [5.41, 5.74) is 0.351. The van der Waals surface area contributed by atoms with Gasteiger partial charge >= 0.3 is 0 Å². The van der Waals surface area contributed by atoms with E-state index in [4.69, 9.17) is 34.8 Å². The first-order valence-electron chi connectivity index (χ1n) is 7.60. The Labute approximate surface area is 164 Å². The summed E-state index contributed by atoms with van der Waals surface area (Å²) in [7, 11) is 0. The van der Waals surface area contributed by atoms with Gasteiger partial charge in [0, 0.05) is 17.5 Å². The Bertz CT molecular complexity index is 797. The van der Waals surface area contributed by atoms with Crippen LogP contribution in [0.2, 0.25) is 15.1 Å². The van der Waals surface area contributed by atoms with Gasteiger partial charge in [0.1, 0.15) is 5.82 Å². The summed E-state index contributed by atoms with van der Waals surface area (Å²) < 4.78 is 2.00. The fourth-order valence-corrected chi connectivity index (χ4v) is 3.98. The van der Waals surface area contributed by atoms with Crippen LogP contribution in [-0.4, -0.2) is 26.4 Å². The Hall–Kier alpha value is -1.21. The van der Waals surface area contributed by atoms with E-state index < -0.39 is 0 Å². The van der Waals surface area contributed by atoms with Crippen molar-refractivity contribution in [2.75, 3.05) is 11.1 Å². The number of amides is 1. The van der Waals surface area contributed by atoms with E-state index in [-0.39, 0.29) is 11.7 Å². The average molecular weight is 418 g/mol. The van der Waals surface area contributed by atoms with Crippen LogP contribution in [-0.2, 0) is 11.3 Å². The standard InChI is InChI=1S/C16H15Cl3N4OS/c1-2-5-23-15(9-3-4-9)21-22-16(23)25-8-13(24)20-14-11(18)6-10(17)7-12(14)19/h2,6-7,9H,1,3-5,8H2,(H,20,24). The molecule has 1 saturated carbocycles. The van der Waals surface area contributed by atoms with Crippen molar-refractivity contribution in [2.45, 2.75) is 30.5 Å². The summed E-state index contributed by atoms with van der Waals surface area (Å²) in [4.78, 5) is 12.2. The van der Waals surface area contributed by atoms with E-state index in [1.165, 1.54) is 23.9 Å². The number of nitrogens with one attached hydrogen (secondary N) is 1. The number of carbonyl (C=O) groups is 1. The minimum absolute atomic E-state index is 0.162. The van der Waals surface area contributed by atoms with Gasteiger partial charge in [-0.3, -0.25) is 4.79 Å². The number of thioether (sulfide) groups is 1. The maximum atomic E-state index is 12.2. The van der Waals surface area contributed by atoms with Gasteiger partial charge in [0.15, 0.2) is 5.16 Å². The van der Waals surface area contributed by atoms with Crippen molar-refractivity contribution in [3.8, 4) is 0 Å². The van der Waals surface area contributed by atoms with Crippen molar-refractivity contribution in [3.05, 3.63) is 45.7 Å². The van der Waals surface area contributed by atoms with Crippen molar-refractivity contribution in [2.24, 2.45) is 0 Å². The number of rotatable bonds is 7. The molecule has 0 radical (unpaired) electrons. The predicted octanol–water partition coefficient (Wildman–Crippen LogP) is 5.03. The normalized spacial score (nSPS) is 13.7. The average Bonchev–Trinajstić information content (AvgIpc) is 3.32. The Morgan fingerprint density at radius 2 is 2.00 bits per heavy atom. The molecule has 9 heteroatoms. The number of benzene rings is 1. The number of hydrogen-bond acceptors (Lipinski definition) is 4. The number of nitrogens with zero attached hydrogens (tertiary/aromatic N) is 3. The first-order chi connectivity index (χ1) is 12.0. The molecule has 3 rings (SSSR count). The van der Waals surface area contributed by atoms with Gasteiger partial charge in [-0.15, -0.1) is 16.8 Å². The van der Waals surface area contributed by atoms with E-state index in [0.29, 0.717) is 38.4 Å². The van der Waals surface area contributed by atoms with Crippen LogP contribution in [0, 0.1) is 0 Å². The number of aromatic nitrogens is 3. The summed E-state index contributed by atoms with van der Waals surface area (Å²) in [5, 5.41) is 12.9. The smallest absolute Gasteiger partial charge is 0.234 e. The van der Waals surface area contributed by atoms with Crippen molar-refractivity contribution in [1.82, 2.24) is 14.8 Å². The number of hydrogen-bond donors (Lipinski definition) is 1. The Morgan fingerprint density at radius 3 is 2.60 bits per heavy atom. The molecule has 5 nitrogen and oxygen atoms in total. The monoisotopic (exact) mass is 416 g/mol. The van der Waals surface area contributed by atoms with Gasteiger partial charge in [-0.1, -0.05) is 52.6 Å². The molecule has 1 amide bonds. The Morgan fingerprint density at radius 1 is 1.32 bits per heavy atom. The van der Waals surface area contributed by atoms with Crippen LogP contribution in [0.15, 0.2) is 29.9 Å². The van der Waals surface area contributed by atoms with E-state index in [1.54, 1.807) is 6.08 Å². The van der Waals surface area contributed by atoms with Gasteiger partial charge in [0.2, 0.25) is 5.91 Å². The highest BCUT2D eigenvalue weighted by atomic mass is 35.5.